The van der Waals surface area contributed by atoms with Gasteiger partial charge in [-0.3, -0.25) is 0 Å². The van der Waals surface area contributed by atoms with E-state index in [1.807, 2.05) is 0 Å². The average molecular weight is 226 g/mol. The second kappa shape index (κ2) is 3.60. The van der Waals surface area contributed by atoms with Crippen molar-refractivity contribution in [3.05, 3.63) is 65.4 Å². The first-order valence-electron chi connectivity index (χ1n) is 5.62. The molecule has 1 aliphatic rings. The molecule has 0 saturated heterocycles. The van der Waals surface area contributed by atoms with E-state index < -0.39 is 8.07 Å². The molecule has 82 valence electrons. The fourth-order valence-corrected chi connectivity index (χ4v) is 4.39. The van der Waals surface area contributed by atoms with Gasteiger partial charge in [-0.25, -0.2) is 0 Å². The van der Waals surface area contributed by atoms with Crippen LogP contribution >= 0.6 is 0 Å². The second-order valence-corrected chi connectivity index (χ2v) is 10.3. The molecule has 0 spiro atoms. The smallest absolute Gasteiger partial charge is 0.0792 e. The summed E-state index contributed by atoms with van der Waals surface area (Å²) in [5.74, 6) is 0. The monoisotopic (exact) mass is 226 g/mol. The van der Waals surface area contributed by atoms with Crippen molar-refractivity contribution >= 4 is 13.6 Å². The van der Waals surface area contributed by atoms with Crippen LogP contribution in [0.15, 0.2) is 59.8 Å². The molecular formula is C15H18Si. The van der Waals surface area contributed by atoms with Crippen molar-refractivity contribution in [2.75, 3.05) is 0 Å². The molecule has 0 fully saturated rings. The van der Waals surface area contributed by atoms with Crippen LogP contribution in [0, 0.1) is 0 Å². The summed E-state index contributed by atoms with van der Waals surface area (Å²) in [5, 5.41) is 1.49. The Morgan fingerprint density at radius 3 is 1.94 bits per heavy atom. The van der Waals surface area contributed by atoms with Gasteiger partial charge in [-0.05, 0) is 27.5 Å². The first-order chi connectivity index (χ1) is 7.43. The van der Waals surface area contributed by atoms with Crippen LogP contribution in [0.2, 0.25) is 19.6 Å². The molecular weight excluding hydrogens is 208 g/mol. The van der Waals surface area contributed by atoms with Crippen LogP contribution < -0.4 is 0 Å². The van der Waals surface area contributed by atoms with Gasteiger partial charge in [0.2, 0.25) is 0 Å². The highest BCUT2D eigenvalue weighted by Crippen LogP contribution is 2.47. The predicted molar refractivity (Wildman–Crippen MR) is 75.0 cm³/mol. The van der Waals surface area contributed by atoms with Crippen molar-refractivity contribution in [2.24, 2.45) is 0 Å². The molecule has 0 heterocycles. The summed E-state index contributed by atoms with van der Waals surface area (Å²) in [6, 6.07) is 10.5. The van der Waals surface area contributed by atoms with Crippen LogP contribution in [0.4, 0.5) is 0 Å². The quantitative estimate of drug-likeness (QED) is 0.654. The number of rotatable bonds is 2. The van der Waals surface area contributed by atoms with Crippen LogP contribution in [-0.4, -0.2) is 8.07 Å². The third kappa shape index (κ3) is 1.61. The van der Waals surface area contributed by atoms with Crippen molar-refractivity contribution < 1.29 is 0 Å². The van der Waals surface area contributed by atoms with Crippen LogP contribution in [-0.2, 0) is 0 Å². The predicted octanol–water partition coefficient (Wildman–Crippen LogP) is 4.44. The van der Waals surface area contributed by atoms with Gasteiger partial charge in [0.25, 0.3) is 0 Å². The lowest BCUT2D eigenvalue weighted by atomic mass is 9.83. The lowest BCUT2D eigenvalue weighted by molar-refractivity contribution is 1.39. The molecule has 0 radical (unpaired) electrons. The van der Waals surface area contributed by atoms with E-state index in [4.69, 9.17) is 0 Å². The van der Waals surface area contributed by atoms with Gasteiger partial charge < -0.3 is 0 Å². The third-order valence-corrected chi connectivity index (χ3v) is 5.08. The van der Waals surface area contributed by atoms with E-state index in [9.17, 15) is 0 Å². The molecule has 0 bridgehead atoms. The Morgan fingerprint density at radius 1 is 0.875 bits per heavy atom. The summed E-state index contributed by atoms with van der Waals surface area (Å²) in [7, 11) is -1.31. The summed E-state index contributed by atoms with van der Waals surface area (Å²) >= 11 is 0. The Morgan fingerprint density at radius 2 is 1.44 bits per heavy atom. The van der Waals surface area contributed by atoms with Gasteiger partial charge in [-0.1, -0.05) is 63.1 Å². The normalized spacial score (nSPS) is 16.4. The maximum Gasteiger partial charge on any atom is 0.0792 e. The van der Waals surface area contributed by atoms with E-state index in [1.165, 1.54) is 21.9 Å². The van der Waals surface area contributed by atoms with Gasteiger partial charge in [0.1, 0.15) is 0 Å². The molecule has 1 aromatic carbocycles. The molecule has 1 aromatic rings. The highest BCUT2D eigenvalue weighted by molar-refractivity contribution is 6.86. The molecule has 0 atom stereocenters. The fourth-order valence-electron chi connectivity index (χ4n) is 2.29. The molecule has 0 saturated carbocycles. The van der Waals surface area contributed by atoms with Gasteiger partial charge in [-0.2, -0.15) is 0 Å². The van der Waals surface area contributed by atoms with Crippen LogP contribution in [0.5, 0.6) is 0 Å². The van der Waals surface area contributed by atoms with Crippen LogP contribution in [0.1, 0.15) is 5.56 Å². The van der Waals surface area contributed by atoms with Gasteiger partial charge in [0.15, 0.2) is 0 Å². The molecule has 0 aromatic heterocycles. The Hall–Kier alpha value is -1.34. The van der Waals surface area contributed by atoms with Crippen molar-refractivity contribution in [1.82, 2.24) is 0 Å². The highest BCUT2D eigenvalue weighted by Gasteiger charge is 2.35. The zero-order chi connectivity index (χ0) is 11.9. The minimum Gasteiger partial charge on any atom is -0.0913 e. The molecule has 0 amide bonds. The topological polar surface area (TPSA) is 0 Å². The van der Waals surface area contributed by atoms with E-state index in [0.717, 1.165) is 5.57 Å². The Kier molecular flexibility index (Phi) is 2.51. The third-order valence-electron chi connectivity index (χ3n) is 3.03. The Labute approximate surface area is 99.0 Å². The number of allylic oxidation sites excluding steroid dienone is 4. The SMILES string of the molecule is C=C1C(=C)C([Si](C)(C)C)=C1c1ccccc1. The number of benzene rings is 1. The van der Waals surface area contributed by atoms with Gasteiger partial charge in [-0.15, -0.1) is 0 Å². The van der Waals surface area contributed by atoms with Gasteiger partial charge in [0, 0.05) is 0 Å². The summed E-state index contributed by atoms with van der Waals surface area (Å²) in [5.41, 5.74) is 4.95. The van der Waals surface area contributed by atoms with Gasteiger partial charge >= 0.3 is 0 Å². The largest absolute Gasteiger partial charge is 0.0913 e. The molecule has 0 unspecified atom stereocenters. The van der Waals surface area contributed by atoms with Crippen LogP contribution in [0.25, 0.3) is 5.57 Å². The minimum atomic E-state index is -1.31. The van der Waals surface area contributed by atoms with Crippen molar-refractivity contribution in [2.45, 2.75) is 19.6 Å². The first-order valence-corrected chi connectivity index (χ1v) is 9.12. The van der Waals surface area contributed by atoms with E-state index in [0.29, 0.717) is 0 Å². The van der Waals surface area contributed by atoms with Crippen LogP contribution in [0.3, 0.4) is 0 Å². The summed E-state index contributed by atoms with van der Waals surface area (Å²) in [6.45, 7) is 15.4. The maximum absolute atomic E-state index is 4.14. The first kappa shape index (κ1) is 11.2. The molecule has 16 heavy (non-hydrogen) atoms. The summed E-state index contributed by atoms with van der Waals surface area (Å²) < 4.78 is 0. The fraction of sp³-hybridized carbons (Fsp3) is 0.200. The Balaban J connectivity index is 2.59. The van der Waals surface area contributed by atoms with Crippen molar-refractivity contribution in [1.29, 1.82) is 0 Å². The van der Waals surface area contributed by atoms with Crippen molar-refractivity contribution in [3.63, 3.8) is 0 Å². The summed E-state index contributed by atoms with van der Waals surface area (Å²) in [6.07, 6.45) is 0. The molecule has 1 aliphatic carbocycles. The average Bonchev–Trinajstić information content (AvgIpc) is 2.23. The number of hydrogen-bond acceptors (Lipinski definition) is 0. The summed E-state index contributed by atoms with van der Waals surface area (Å²) in [4.78, 5) is 0. The molecule has 0 aliphatic heterocycles. The van der Waals surface area contributed by atoms with E-state index in [1.54, 1.807) is 0 Å². The van der Waals surface area contributed by atoms with E-state index in [-0.39, 0.29) is 0 Å². The van der Waals surface area contributed by atoms with E-state index >= 15 is 0 Å². The minimum absolute atomic E-state index is 1.13. The van der Waals surface area contributed by atoms with Crippen molar-refractivity contribution in [3.8, 4) is 0 Å². The zero-order valence-electron chi connectivity index (χ0n) is 10.3. The molecule has 2 rings (SSSR count). The lowest BCUT2D eigenvalue weighted by Crippen LogP contribution is -2.32. The lowest BCUT2D eigenvalue weighted by Gasteiger charge is -2.37. The maximum atomic E-state index is 4.14. The molecule has 0 nitrogen and oxygen atoms in total. The zero-order valence-corrected chi connectivity index (χ0v) is 11.3. The molecule has 0 N–H and O–H groups in total. The Bertz CT molecular complexity index is 484. The molecule has 1 heteroatoms. The van der Waals surface area contributed by atoms with Gasteiger partial charge in [0.05, 0.1) is 8.07 Å². The van der Waals surface area contributed by atoms with E-state index in [2.05, 4.69) is 63.1 Å². The highest BCUT2D eigenvalue weighted by atomic mass is 28.3. The second-order valence-electron chi connectivity index (χ2n) is 5.32. The standard InChI is InChI=1S/C15H18Si/c1-11-12(2)15(16(3,4)5)14(11)13-9-7-6-8-10-13/h6-10H,1-2H2,3-5H3. The number of hydrogen-bond donors (Lipinski definition) is 0.